The first kappa shape index (κ1) is 12.5. The van der Waals surface area contributed by atoms with Crippen LogP contribution < -0.4 is 0 Å². The Morgan fingerprint density at radius 3 is 2.75 bits per heavy atom. The average molecular weight is 218 g/mol. The van der Waals surface area contributed by atoms with Crippen molar-refractivity contribution in [3.8, 4) is 0 Å². The van der Waals surface area contributed by atoms with E-state index < -0.39 is 0 Å². The normalized spacial score (nSPS) is 10.6. The Kier molecular flexibility index (Phi) is 6.00. The first-order valence-corrected chi connectivity index (χ1v) is 5.70. The maximum absolute atomic E-state index is 11.0. The molecule has 1 rings (SSSR count). The van der Waals surface area contributed by atoms with Crippen molar-refractivity contribution in [1.29, 1.82) is 0 Å². The number of ether oxygens (including phenoxy) is 1. The zero-order valence-corrected chi connectivity index (χ0v) is 9.69. The molecular formula is C14H18O2. The van der Waals surface area contributed by atoms with E-state index in [-0.39, 0.29) is 5.97 Å². The van der Waals surface area contributed by atoms with E-state index in [1.54, 1.807) is 0 Å². The SMILES string of the molecule is CCCC(=O)OCC/C=C\c1ccccc1. The van der Waals surface area contributed by atoms with Crippen molar-refractivity contribution in [2.75, 3.05) is 6.61 Å². The van der Waals surface area contributed by atoms with Gasteiger partial charge >= 0.3 is 5.97 Å². The Morgan fingerprint density at radius 2 is 2.06 bits per heavy atom. The third-order valence-corrected chi connectivity index (χ3v) is 2.11. The molecule has 0 unspecified atom stereocenters. The second kappa shape index (κ2) is 7.69. The van der Waals surface area contributed by atoms with Crippen molar-refractivity contribution in [1.82, 2.24) is 0 Å². The standard InChI is InChI=1S/C14H18O2/c1-2-8-14(15)16-12-7-6-11-13-9-4-3-5-10-13/h3-6,9-11H,2,7-8,12H2,1H3/b11-6-. The number of carbonyl (C=O) groups is 1. The molecule has 0 saturated heterocycles. The summed E-state index contributed by atoms with van der Waals surface area (Å²) < 4.78 is 5.03. The van der Waals surface area contributed by atoms with Gasteiger partial charge in [-0.15, -0.1) is 0 Å². The lowest BCUT2D eigenvalue weighted by Crippen LogP contribution is -2.04. The zero-order chi connectivity index (χ0) is 11.6. The second-order valence-electron chi connectivity index (χ2n) is 3.57. The summed E-state index contributed by atoms with van der Waals surface area (Å²) in [6.45, 7) is 2.44. The van der Waals surface area contributed by atoms with E-state index in [2.05, 4.69) is 0 Å². The second-order valence-corrected chi connectivity index (χ2v) is 3.57. The predicted octanol–water partition coefficient (Wildman–Crippen LogP) is 3.43. The summed E-state index contributed by atoms with van der Waals surface area (Å²) in [7, 11) is 0. The number of carbonyl (C=O) groups excluding carboxylic acids is 1. The van der Waals surface area contributed by atoms with E-state index in [4.69, 9.17) is 4.74 Å². The van der Waals surface area contributed by atoms with Crippen LogP contribution in [0.15, 0.2) is 36.4 Å². The molecule has 0 aliphatic rings. The van der Waals surface area contributed by atoms with E-state index in [9.17, 15) is 4.79 Å². The molecule has 0 N–H and O–H groups in total. The minimum absolute atomic E-state index is 0.101. The van der Waals surface area contributed by atoms with E-state index in [1.807, 2.05) is 49.4 Å². The minimum atomic E-state index is -0.101. The summed E-state index contributed by atoms with van der Waals surface area (Å²) in [4.78, 5) is 11.0. The summed E-state index contributed by atoms with van der Waals surface area (Å²) in [6.07, 6.45) is 6.19. The fraction of sp³-hybridized carbons (Fsp3) is 0.357. The molecule has 2 nitrogen and oxygen atoms in total. The molecule has 1 aromatic carbocycles. The molecule has 86 valence electrons. The average Bonchev–Trinajstić information content (AvgIpc) is 2.30. The Balaban J connectivity index is 2.16. The highest BCUT2D eigenvalue weighted by molar-refractivity contribution is 5.69. The third-order valence-electron chi connectivity index (χ3n) is 2.11. The summed E-state index contributed by atoms with van der Waals surface area (Å²) in [5.74, 6) is -0.101. The van der Waals surface area contributed by atoms with E-state index in [0.717, 1.165) is 12.8 Å². The first-order valence-electron chi connectivity index (χ1n) is 5.70. The van der Waals surface area contributed by atoms with Gasteiger partial charge in [0.25, 0.3) is 0 Å². The topological polar surface area (TPSA) is 26.3 Å². The molecule has 0 atom stereocenters. The van der Waals surface area contributed by atoms with Crippen molar-refractivity contribution in [2.45, 2.75) is 26.2 Å². The van der Waals surface area contributed by atoms with Crippen molar-refractivity contribution in [3.63, 3.8) is 0 Å². The minimum Gasteiger partial charge on any atom is -0.465 e. The van der Waals surface area contributed by atoms with Crippen molar-refractivity contribution >= 4 is 12.0 Å². The monoisotopic (exact) mass is 218 g/mol. The lowest BCUT2D eigenvalue weighted by Gasteiger charge is -2.00. The summed E-state index contributed by atoms with van der Waals surface area (Å²) in [5.41, 5.74) is 1.17. The number of rotatable bonds is 6. The van der Waals surface area contributed by atoms with Gasteiger partial charge in [0.05, 0.1) is 6.61 Å². The molecule has 0 saturated carbocycles. The number of hydrogen-bond acceptors (Lipinski definition) is 2. The first-order chi connectivity index (χ1) is 7.83. The molecule has 16 heavy (non-hydrogen) atoms. The molecule has 0 bridgehead atoms. The molecular weight excluding hydrogens is 200 g/mol. The molecule has 0 heterocycles. The largest absolute Gasteiger partial charge is 0.465 e. The fourth-order valence-electron chi connectivity index (χ4n) is 1.30. The highest BCUT2D eigenvalue weighted by Gasteiger charge is 1.97. The van der Waals surface area contributed by atoms with Crippen LogP contribution in [0.2, 0.25) is 0 Å². The molecule has 0 amide bonds. The Hall–Kier alpha value is -1.57. The van der Waals surface area contributed by atoms with Gasteiger partial charge in [0.1, 0.15) is 0 Å². The highest BCUT2D eigenvalue weighted by Crippen LogP contribution is 2.02. The Morgan fingerprint density at radius 1 is 1.31 bits per heavy atom. The molecule has 0 aliphatic carbocycles. The Labute approximate surface area is 96.9 Å². The quantitative estimate of drug-likeness (QED) is 0.540. The van der Waals surface area contributed by atoms with Gasteiger partial charge in [-0.3, -0.25) is 4.79 Å². The summed E-state index contributed by atoms with van der Waals surface area (Å²) in [5, 5.41) is 0. The van der Waals surface area contributed by atoms with Crippen LogP contribution in [0.25, 0.3) is 6.08 Å². The van der Waals surface area contributed by atoms with Gasteiger partial charge in [0.15, 0.2) is 0 Å². The molecule has 0 radical (unpaired) electrons. The smallest absolute Gasteiger partial charge is 0.305 e. The maximum Gasteiger partial charge on any atom is 0.305 e. The van der Waals surface area contributed by atoms with Crippen LogP contribution in [0.4, 0.5) is 0 Å². The molecule has 0 spiro atoms. The van der Waals surface area contributed by atoms with Crippen molar-refractivity contribution < 1.29 is 9.53 Å². The molecule has 2 heteroatoms. The lowest BCUT2D eigenvalue weighted by atomic mass is 10.2. The van der Waals surface area contributed by atoms with E-state index >= 15 is 0 Å². The van der Waals surface area contributed by atoms with Gasteiger partial charge in [-0.2, -0.15) is 0 Å². The molecule has 0 aromatic heterocycles. The van der Waals surface area contributed by atoms with Gasteiger partial charge in [-0.1, -0.05) is 49.4 Å². The maximum atomic E-state index is 11.0. The van der Waals surface area contributed by atoms with Crippen LogP contribution in [0.5, 0.6) is 0 Å². The summed E-state index contributed by atoms with van der Waals surface area (Å²) in [6, 6.07) is 10.1. The number of benzene rings is 1. The van der Waals surface area contributed by atoms with Gasteiger partial charge < -0.3 is 4.74 Å². The van der Waals surface area contributed by atoms with Gasteiger partial charge in [-0.05, 0) is 18.4 Å². The molecule has 0 aliphatic heterocycles. The van der Waals surface area contributed by atoms with E-state index in [1.165, 1.54) is 5.56 Å². The van der Waals surface area contributed by atoms with Crippen molar-refractivity contribution in [3.05, 3.63) is 42.0 Å². The van der Waals surface area contributed by atoms with E-state index in [0.29, 0.717) is 13.0 Å². The predicted molar refractivity (Wildman–Crippen MR) is 66.0 cm³/mol. The fourth-order valence-corrected chi connectivity index (χ4v) is 1.30. The summed E-state index contributed by atoms with van der Waals surface area (Å²) >= 11 is 0. The highest BCUT2D eigenvalue weighted by atomic mass is 16.5. The van der Waals surface area contributed by atoms with Crippen LogP contribution in [0, 0.1) is 0 Å². The third kappa shape index (κ3) is 5.35. The number of hydrogen-bond donors (Lipinski definition) is 0. The molecule has 0 fully saturated rings. The van der Waals surface area contributed by atoms with Crippen LogP contribution >= 0.6 is 0 Å². The van der Waals surface area contributed by atoms with Crippen LogP contribution in [-0.4, -0.2) is 12.6 Å². The van der Waals surface area contributed by atoms with Crippen LogP contribution in [-0.2, 0) is 9.53 Å². The van der Waals surface area contributed by atoms with Gasteiger partial charge in [0, 0.05) is 6.42 Å². The van der Waals surface area contributed by atoms with Gasteiger partial charge in [-0.25, -0.2) is 0 Å². The number of esters is 1. The lowest BCUT2D eigenvalue weighted by molar-refractivity contribution is -0.143. The molecule has 1 aromatic rings. The van der Waals surface area contributed by atoms with Gasteiger partial charge in [0.2, 0.25) is 0 Å². The van der Waals surface area contributed by atoms with Crippen LogP contribution in [0.3, 0.4) is 0 Å². The van der Waals surface area contributed by atoms with Crippen LogP contribution in [0.1, 0.15) is 31.7 Å². The Bertz CT molecular complexity index is 328. The zero-order valence-electron chi connectivity index (χ0n) is 9.69. The van der Waals surface area contributed by atoms with Crippen molar-refractivity contribution in [2.24, 2.45) is 0 Å².